The highest BCUT2D eigenvalue weighted by atomic mass is 32.2. The minimum Gasteiger partial charge on any atom is -0.457 e. The number of nitrogens with zero attached hydrogens (tertiary/aromatic N) is 3. The summed E-state index contributed by atoms with van der Waals surface area (Å²) in [6, 6.07) is 9.59. The predicted molar refractivity (Wildman–Crippen MR) is 134 cm³/mol. The van der Waals surface area contributed by atoms with Crippen molar-refractivity contribution in [3.63, 3.8) is 0 Å². The molecule has 1 aliphatic rings. The Morgan fingerprint density at radius 1 is 1.21 bits per heavy atom. The molecule has 180 valence electrons. The van der Waals surface area contributed by atoms with Gasteiger partial charge in [-0.25, -0.2) is 4.98 Å². The van der Waals surface area contributed by atoms with Crippen LogP contribution in [0, 0.1) is 19.8 Å². The maximum Gasteiger partial charge on any atom is 0.316 e. The highest BCUT2D eigenvalue weighted by molar-refractivity contribution is 7.99. The number of ketones is 1. The molecule has 1 aromatic carbocycles. The average Bonchev–Trinajstić information content (AvgIpc) is 3.59. The van der Waals surface area contributed by atoms with Gasteiger partial charge in [0.25, 0.3) is 5.56 Å². The Balaban J connectivity index is 1.42. The van der Waals surface area contributed by atoms with E-state index < -0.39 is 5.97 Å². The van der Waals surface area contributed by atoms with Gasteiger partial charge in [0.1, 0.15) is 0 Å². The van der Waals surface area contributed by atoms with Crippen LogP contribution in [0.2, 0.25) is 0 Å². The first-order valence-electron chi connectivity index (χ1n) is 11.8. The maximum atomic E-state index is 13.0. The second kappa shape index (κ2) is 10.2. The third kappa shape index (κ3) is 5.27. The van der Waals surface area contributed by atoms with Crippen LogP contribution in [0.4, 0.5) is 0 Å². The van der Waals surface area contributed by atoms with Gasteiger partial charge in [-0.3, -0.25) is 19.0 Å². The molecule has 4 rings (SSSR count). The van der Waals surface area contributed by atoms with Gasteiger partial charge in [-0.1, -0.05) is 37.7 Å². The Labute approximate surface area is 203 Å². The molecule has 0 aliphatic heterocycles. The Bertz CT molecular complexity index is 1290. The summed E-state index contributed by atoms with van der Waals surface area (Å²) in [6.07, 6.45) is 3.11. The van der Waals surface area contributed by atoms with Gasteiger partial charge in [0.2, 0.25) is 5.78 Å². The molecular formula is C26H31N3O4S. The van der Waals surface area contributed by atoms with Gasteiger partial charge < -0.3 is 9.30 Å². The summed E-state index contributed by atoms with van der Waals surface area (Å²) >= 11 is 1.17. The molecule has 8 heteroatoms. The van der Waals surface area contributed by atoms with E-state index in [-0.39, 0.29) is 23.7 Å². The number of carbonyl (C=O) groups is 2. The summed E-state index contributed by atoms with van der Waals surface area (Å²) in [6.45, 7) is 8.38. The molecule has 0 radical (unpaired) electrons. The minimum absolute atomic E-state index is 0.0269. The van der Waals surface area contributed by atoms with Crippen molar-refractivity contribution < 1.29 is 14.3 Å². The van der Waals surface area contributed by atoms with E-state index in [4.69, 9.17) is 4.74 Å². The number of Topliss-reactive ketones (excluding diaryl/α,β-unsaturated/α-hetero) is 1. The average molecular weight is 482 g/mol. The number of rotatable bonds is 10. The van der Waals surface area contributed by atoms with Crippen molar-refractivity contribution in [2.75, 3.05) is 12.4 Å². The third-order valence-corrected chi connectivity index (χ3v) is 7.09. The van der Waals surface area contributed by atoms with Crippen molar-refractivity contribution in [2.45, 2.75) is 64.7 Å². The number of carbonyl (C=O) groups excluding carboxylic acids is 2. The first-order valence-corrected chi connectivity index (χ1v) is 12.7. The Kier molecular flexibility index (Phi) is 7.26. The standard InChI is InChI=1S/C26H31N3O4S/c1-16(2)11-12-28-25(32)20-7-5-6-8-22(20)27-26(28)34-15-24(31)33-14-23(30)21-13-17(3)29(18(21)4)19-9-10-19/h5-8,13,16,19H,9-12,14-15H2,1-4H3. The summed E-state index contributed by atoms with van der Waals surface area (Å²) in [5.41, 5.74) is 3.11. The van der Waals surface area contributed by atoms with Crippen LogP contribution in [0.15, 0.2) is 40.3 Å². The van der Waals surface area contributed by atoms with Gasteiger partial charge in [-0.15, -0.1) is 0 Å². The number of hydrogen-bond acceptors (Lipinski definition) is 6. The molecule has 7 nitrogen and oxygen atoms in total. The van der Waals surface area contributed by atoms with E-state index in [1.165, 1.54) is 11.8 Å². The molecule has 0 saturated heterocycles. The van der Waals surface area contributed by atoms with E-state index in [1.807, 2.05) is 32.0 Å². The molecule has 2 heterocycles. The van der Waals surface area contributed by atoms with Gasteiger partial charge in [0.05, 0.1) is 16.7 Å². The second-order valence-corrected chi connectivity index (χ2v) is 10.3. The van der Waals surface area contributed by atoms with Gasteiger partial charge in [-0.2, -0.15) is 0 Å². The van der Waals surface area contributed by atoms with E-state index in [1.54, 1.807) is 16.7 Å². The zero-order chi connectivity index (χ0) is 24.4. The molecule has 1 fully saturated rings. The fraction of sp³-hybridized carbons (Fsp3) is 0.462. The monoisotopic (exact) mass is 481 g/mol. The van der Waals surface area contributed by atoms with E-state index >= 15 is 0 Å². The quantitative estimate of drug-likeness (QED) is 0.180. The van der Waals surface area contributed by atoms with E-state index in [0.717, 1.165) is 30.7 Å². The van der Waals surface area contributed by atoms with Crippen molar-refractivity contribution in [3.8, 4) is 0 Å². The van der Waals surface area contributed by atoms with E-state index in [9.17, 15) is 14.4 Å². The van der Waals surface area contributed by atoms with Gasteiger partial charge in [-0.05, 0) is 57.2 Å². The maximum absolute atomic E-state index is 13.0. The Hall–Kier alpha value is -2.87. The topological polar surface area (TPSA) is 83.2 Å². The van der Waals surface area contributed by atoms with Crippen LogP contribution in [-0.2, 0) is 16.1 Å². The van der Waals surface area contributed by atoms with Crippen molar-refractivity contribution >= 4 is 34.4 Å². The summed E-state index contributed by atoms with van der Waals surface area (Å²) in [7, 11) is 0. The zero-order valence-electron chi connectivity index (χ0n) is 20.2. The SMILES string of the molecule is Cc1cc(C(=O)COC(=O)CSc2nc3ccccc3c(=O)n2CCC(C)C)c(C)n1C1CC1. The molecule has 0 spiro atoms. The number of para-hydroxylation sites is 1. The molecule has 2 aromatic heterocycles. The van der Waals surface area contributed by atoms with Crippen LogP contribution >= 0.6 is 11.8 Å². The largest absolute Gasteiger partial charge is 0.457 e. The molecule has 0 N–H and O–H groups in total. The third-order valence-electron chi connectivity index (χ3n) is 6.14. The van der Waals surface area contributed by atoms with Gasteiger partial charge in [0.15, 0.2) is 11.8 Å². The van der Waals surface area contributed by atoms with Crippen LogP contribution < -0.4 is 5.56 Å². The van der Waals surface area contributed by atoms with Crippen molar-refractivity contribution in [1.82, 2.24) is 14.1 Å². The highest BCUT2D eigenvalue weighted by Gasteiger charge is 2.28. The zero-order valence-corrected chi connectivity index (χ0v) is 21.0. The Morgan fingerprint density at radius 2 is 1.94 bits per heavy atom. The molecule has 0 unspecified atom stereocenters. The summed E-state index contributed by atoms with van der Waals surface area (Å²) in [4.78, 5) is 42.8. The number of benzene rings is 1. The molecular weight excluding hydrogens is 450 g/mol. The van der Waals surface area contributed by atoms with Gasteiger partial charge in [0, 0.05) is 29.5 Å². The lowest BCUT2D eigenvalue weighted by molar-refractivity contribution is -0.139. The summed E-state index contributed by atoms with van der Waals surface area (Å²) in [5.74, 6) is -0.307. The van der Waals surface area contributed by atoms with Crippen LogP contribution in [0.25, 0.3) is 10.9 Å². The molecule has 0 amide bonds. The normalized spacial score (nSPS) is 13.6. The lowest BCUT2D eigenvalue weighted by Gasteiger charge is -2.14. The number of hydrogen-bond donors (Lipinski definition) is 0. The summed E-state index contributed by atoms with van der Waals surface area (Å²) < 4.78 is 9.12. The molecule has 1 saturated carbocycles. The number of ether oxygens (including phenoxy) is 1. The Morgan fingerprint density at radius 3 is 2.65 bits per heavy atom. The lowest BCUT2D eigenvalue weighted by atomic mass is 10.1. The first-order chi connectivity index (χ1) is 16.3. The summed E-state index contributed by atoms with van der Waals surface area (Å²) in [5, 5.41) is 1.05. The fourth-order valence-corrected chi connectivity index (χ4v) is 5.01. The molecule has 1 aliphatic carbocycles. The second-order valence-electron chi connectivity index (χ2n) is 9.31. The molecule has 3 aromatic rings. The molecule has 34 heavy (non-hydrogen) atoms. The van der Waals surface area contributed by atoms with Crippen molar-refractivity contribution in [3.05, 3.63) is 57.6 Å². The molecule has 0 bridgehead atoms. The number of thioether (sulfide) groups is 1. The van der Waals surface area contributed by atoms with Crippen LogP contribution in [0.5, 0.6) is 0 Å². The highest BCUT2D eigenvalue weighted by Crippen LogP contribution is 2.38. The number of esters is 1. The smallest absolute Gasteiger partial charge is 0.316 e. The van der Waals surface area contributed by atoms with E-state index in [0.29, 0.717) is 40.1 Å². The number of aryl methyl sites for hydroxylation is 1. The minimum atomic E-state index is -0.507. The number of aromatic nitrogens is 3. The van der Waals surface area contributed by atoms with Crippen molar-refractivity contribution in [2.24, 2.45) is 5.92 Å². The van der Waals surface area contributed by atoms with E-state index in [2.05, 4.69) is 23.4 Å². The number of fused-ring (bicyclic) bond motifs is 1. The van der Waals surface area contributed by atoms with Crippen LogP contribution in [-0.4, -0.2) is 38.2 Å². The lowest BCUT2D eigenvalue weighted by Crippen LogP contribution is -2.24. The molecule has 0 atom stereocenters. The van der Waals surface area contributed by atoms with Gasteiger partial charge >= 0.3 is 5.97 Å². The fourth-order valence-electron chi connectivity index (χ4n) is 4.19. The predicted octanol–water partition coefficient (Wildman–Crippen LogP) is 4.71. The van der Waals surface area contributed by atoms with Crippen LogP contribution in [0.1, 0.15) is 60.9 Å². The van der Waals surface area contributed by atoms with Crippen molar-refractivity contribution in [1.29, 1.82) is 0 Å². The first kappa shape index (κ1) is 24.3. The van der Waals surface area contributed by atoms with Crippen LogP contribution in [0.3, 0.4) is 0 Å².